The van der Waals surface area contributed by atoms with Crippen LogP contribution in [0.15, 0.2) is 23.4 Å². The van der Waals surface area contributed by atoms with Crippen LogP contribution >= 0.6 is 0 Å². The first kappa shape index (κ1) is 12.4. The lowest BCUT2D eigenvalue weighted by Gasteiger charge is -2.28. The quantitative estimate of drug-likeness (QED) is 0.657. The van der Waals surface area contributed by atoms with Crippen LogP contribution in [-0.2, 0) is 6.42 Å². The van der Waals surface area contributed by atoms with Crippen LogP contribution in [0.25, 0.3) is 0 Å². The average molecular weight is 264 g/mol. The predicted octanol–water partition coefficient (Wildman–Crippen LogP) is 2.06. The second-order valence-corrected chi connectivity index (χ2v) is 5.16. The van der Waals surface area contributed by atoms with Crippen LogP contribution in [0, 0.1) is 5.82 Å². The molecule has 1 fully saturated rings. The molecule has 0 amide bonds. The van der Waals surface area contributed by atoms with Gasteiger partial charge in [0.25, 0.3) is 0 Å². The van der Waals surface area contributed by atoms with Crippen molar-refractivity contribution < 1.29 is 14.3 Å². The highest BCUT2D eigenvalue weighted by Gasteiger charge is 2.26. The van der Waals surface area contributed by atoms with Gasteiger partial charge in [-0.3, -0.25) is 4.90 Å². The Morgan fingerprint density at radius 3 is 2.89 bits per heavy atom. The molecule has 3 rings (SSSR count). The smallest absolute Gasteiger partial charge is 0.123 e. The Labute approximate surface area is 111 Å². The molecule has 0 saturated carbocycles. The fourth-order valence-electron chi connectivity index (χ4n) is 2.77. The summed E-state index contributed by atoms with van der Waals surface area (Å²) in [5.41, 5.74) is 1.83. The van der Waals surface area contributed by atoms with Crippen LogP contribution in [0.3, 0.4) is 0 Å². The summed E-state index contributed by atoms with van der Waals surface area (Å²) in [5.74, 6) is 0.603. The molecular weight excluding hydrogens is 247 g/mol. The number of oxime groups is 1. The summed E-state index contributed by atoms with van der Waals surface area (Å²) >= 11 is 0. The topological polar surface area (TPSA) is 45.1 Å². The molecule has 2 aliphatic heterocycles. The van der Waals surface area contributed by atoms with Gasteiger partial charge in [-0.05, 0) is 18.2 Å². The van der Waals surface area contributed by atoms with Gasteiger partial charge in [-0.2, -0.15) is 0 Å². The standard InChI is InChI=1S/C14H17FN2O2/c15-11-1-2-14-10(7-11)8-13(19-14)9-17-5-3-12(16-18)4-6-17/h1-2,7,13,18H,3-6,8-9H2. The SMILES string of the molecule is ON=C1CCN(CC2Cc3cc(F)ccc3O2)CC1. The zero-order valence-electron chi connectivity index (χ0n) is 10.7. The van der Waals surface area contributed by atoms with Crippen molar-refractivity contribution in [3.8, 4) is 5.75 Å². The number of nitrogens with zero attached hydrogens (tertiary/aromatic N) is 2. The molecule has 0 spiro atoms. The van der Waals surface area contributed by atoms with E-state index in [2.05, 4.69) is 10.1 Å². The van der Waals surface area contributed by atoms with Crippen LogP contribution in [-0.4, -0.2) is 41.6 Å². The van der Waals surface area contributed by atoms with Crippen LogP contribution in [0.1, 0.15) is 18.4 Å². The molecule has 0 aliphatic carbocycles. The summed E-state index contributed by atoms with van der Waals surface area (Å²) in [7, 11) is 0. The molecule has 1 aromatic rings. The first-order valence-corrected chi connectivity index (χ1v) is 6.62. The predicted molar refractivity (Wildman–Crippen MR) is 69.4 cm³/mol. The summed E-state index contributed by atoms with van der Waals surface area (Å²) in [6.45, 7) is 2.63. The van der Waals surface area contributed by atoms with E-state index >= 15 is 0 Å². The van der Waals surface area contributed by atoms with E-state index in [1.165, 1.54) is 6.07 Å². The first-order valence-electron chi connectivity index (χ1n) is 6.62. The van der Waals surface area contributed by atoms with Crippen molar-refractivity contribution in [3.05, 3.63) is 29.6 Å². The van der Waals surface area contributed by atoms with E-state index in [0.29, 0.717) is 0 Å². The fourth-order valence-corrected chi connectivity index (χ4v) is 2.77. The van der Waals surface area contributed by atoms with Crippen LogP contribution < -0.4 is 4.74 Å². The number of hydrogen-bond acceptors (Lipinski definition) is 4. The molecule has 1 saturated heterocycles. The molecule has 1 unspecified atom stereocenters. The zero-order chi connectivity index (χ0) is 13.2. The number of rotatable bonds is 2. The van der Waals surface area contributed by atoms with E-state index in [1.54, 1.807) is 12.1 Å². The first-order chi connectivity index (χ1) is 9.24. The summed E-state index contributed by atoms with van der Waals surface area (Å²) in [5, 5.41) is 12.0. The molecule has 102 valence electrons. The number of halogens is 1. The minimum Gasteiger partial charge on any atom is -0.488 e. The second kappa shape index (κ2) is 5.17. The number of likely N-dealkylation sites (tertiary alicyclic amines) is 1. The van der Waals surface area contributed by atoms with Crippen molar-refractivity contribution in [2.45, 2.75) is 25.4 Å². The molecule has 19 heavy (non-hydrogen) atoms. The van der Waals surface area contributed by atoms with Gasteiger partial charge in [0.05, 0.1) is 5.71 Å². The Balaban J connectivity index is 1.56. The summed E-state index contributed by atoms with van der Waals surface area (Å²) in [6, 6.07) is 4.70. The molecule has 2 aliphatic rings. The van der Waals surface area contributed by atoms with Gasteiger partial charge in [0.1, 0.15) is 17.7 Å². The Morgan fingerprint density at radius 1 is 1.37 bits per heavy atom. The molecule has 4 nitrogen and oxygen atoms in total. The van der Waals surface area contributed by atoms with Crippen molar-refractivity contribution in [1.82, 2.24) is 4.90 Å². The van der Waals surface area contributed by atoms with Gasteiger partial charge in [0, 0.05) is 44.5 Å². The average Bonchev–Trinajstić information content (AvgIpc) is 2.81. The van der Waals surface area contributed by atoms with Gasteiger partial charge in [-0.1, -0.05) is 5.16 Å². The molecule has 0 radical (unpaired) electrons. The van der Waals surface area contributed by atoms with Gasteiger partial charge in [-0.15, -0.1) is 0 Å². The molecule has 1 atom stereocenters. The highest BCUT2D eigenvalue weighted by Crippen LogP contribution is 2.29. The summed E-state index contributed by atoms with van der Waals surface area (Å²) in [4.78, 5) is 2.31. The maximum atomic E-state index is 13.1. The fraction of sp³-hybridized carbons (Fsp3) is 0.500. The minimum absolute atomic E-state index is 0.101. The third-order valence-corrected chi connectivity index (χ3v) is 3.80. The number of fused-ring (bicyclic) bond motifs is 1. The van der Waals surface area contributed by atoms with E-state index < -0.39 is 0 Å². The third kappa shape index (κ3) is 2.71. The maximum Gasteiger partial charge on any atom is 0.123 e. The van der Waals surface area contributed by atoms with Gasteiger partial charge in [0.15, 0.2) is 0 Å². The Hall–Kier alpha value is -1.62. The Kier molecular flexibility index (Phi) is 3.38. The number of benzene rings is 1. The molecule has 0 aromatic heterocycles. The van der Waals surface area contributed by atoms with E-state index in [0.717, 1.165) is 55.9 Å². The molecule has 1 N–H and O–H groups in total. The number of piperidine rings is 1. The van der Waals surface area contributed by atoms with Crippen LogP contribution in [0.4, 0.5) is 4.39 Å². The number of hydrogen-bond donors (Lipinski definition) is 1. The molecule has 0 bridgehead atoms. The highest BCUT2D eigenvalue weighted by molar-refractivity contribution is 5.84. The lowest BCUT2D eigenvalue weighted by atomic mass is 10.1. The molecule has 5 heteroatoms. The highest BCUT2D eigenvalue weighted by atomic mass is 19.1. The molecule has 1 aromatic carbocycles. The Bertz CT molecular complexity index is 494. The zero-order valence-corrected chi connectivity index (χ0v) is 10.7. The third-order valence-electron chi connectivity index (χ3n) is 3.80. The van der Waals surface area contributed by atoms with Crippen molar-refractivity contribution >= 4 is 5.71 Å². The molecule has 2 heterocycles. The maximum absolute atomic E-state index is 13.1. The van der Waals surface area contributed by atoms with Crippen LogP contribution in [0.5, 0.6) is 5.75 Å². The van der Waals surface area contributed by atoms with E-state index in [-0.39, 0.29) is 11.9 Å². The van der Waals surface area contributed by atoms with E-state index in [9.17, 15) is 4.39 Å². The lowest BCUT2D eigenvalue weighted by Crippen LogP contribution is -2.40. The Morgan fingerprint density at radius 2 is 2.16 bits per heavy atom. The number of ether oxygens (including phenoxy) is 1. The monoisotopic (exact) mass is 264 g/mol. The van der Waals surface area contributed by atoms with Crippen molar-refractivity contribution in [1.29, 1.82) is 0 Å². The van der Waals surface area contributed by atoms with Crippen molar-refractivity contribution in [2.24, 2.45) is 5.16 Å². The summed E-state index contributed by atoms with van der Waals surface area (Å²) < 4.78 is 19.0. The summed E-state index contributed by atoms with van der Waals surface area (Å²) in [6.07, 6.45) is 2.49. The van der Waals surface area contributed by atoms with E-state index in [4.69, 9.17) is 9.94 Å². The van der Waals surface area contributed by atoms with Crippen molar-refractivity contribution in [3.63, 3.8) is 0 Å². The second-order valence-electron chi connectivity index (χ2n) is 5.16. The minimum atomic E-state index is -0.204. The van der Waals surface area contributed by atoms with Gasteiger partial charge < -0.3 is 9.94 Å². The normalized spacial score (nSPS) is 23.0. The molecular formula is C14H17FN2O2. The van der Waals surface area contributed by atoms with Crippen LogP contribution in [0.2, 0.25) is 0 Å². The lowest BCUT2D eigenvalue weighted by molar-refractivity contribution is 0.149. The largest absolute Gasteiger partial charge is 0.488 e. The van der Waals surface area contributed by atoms with Gasteiger partial charge >= 0.3 is 0 Å². The van der Waals surface area contributed by atoms with E-state index in [1.807, 2.05) is 0 Å². The van der Waals surface area contributed by atoms with Crippen molar-refractivity contribution in [2.75, 3.05) is 19.6 Å². The van der Waals surface area contributed by atoms with Gasteiger partial charge in [0.2, 0.25) is 0 Å². The van der Waals surface area contributed by atoms with Gasteiger partial charge in [-0.25, -0.2) is 4.39 Å².